The summed E-state index contributed by atoms with van der Waals surface area (Å²) in [5.41, 5.74) is 1.73. The van der Waals surface area contributed by atoms with Crippen molar-refractivity contribution in [1.29, 1.82) is 0 Å². The molecule has 3 heterocycles. The van der Waals surface area contributed by atoms with Gasteiger partial charge in [0.25, 0.3) is 0 Å². The van der Waals surface area contributed by atoms with Crippen LogP contribution in [0.3, 0.4) is 0 Å². The molecular formula is C14H11NO2S3. The molecule has 1 N–H and O–H groups in total. The van der Waals surface area contributed by atoms with Crippen molar-refractivity contribution < 1.29 is 9.90 Å². The van der Waals surface area contributed by atoms with Crippen LogP contribution >= 0.6 is 34.0 Å². The predicted octanol–water partition coefficient (Wildman–Crippen LogP) is 4.92. The van der Waals surface area contributed by atoms with Crippen LogP contribution in [0, 0.1) is 13.8 Å². The topological polar surface area (TPSA) is 50.2 Å². The number of thiazole rings is 1. The van der Waals surface area contributed by atoms with E-state index in [0.29, 0.717) is 10.6 Å². The Labute approximate surface area is 128 Å². The first kappa shape index (κ1) is 13.5. The zero-order valence-electron chi connectivity index (χ0n) is 10.8. The molecule has 20 heavy (non-hydrogen) atoms. The summed E-state index contributed by atoms with van der Waals surface area (Å²) in [6.07, 6.45) is 0. The highest BCUT2D eigenvalue weighted by Gasteiger charge is 2.18. The summed E-state index contributed by atoms with van der Waals surface area (Å²) in [5, 5.41) is 12.0. The lowest BCUT2D eigenvalue weighted by atomic mass is 10.2. The Morgan fingerprint density at radius 2 is 2.05 bits per heavy atom. The van der Waals surface area contributed by atoms with Crippen LogP contribution in [0.4, 0.5) is 0 Å². The van der Waals surface area contributed by atoms with Gasteiger partial charge in [-0.15, -0.1) is 34.0 Å². The summed E-state index contributed by atoms with van der Waals surface area (Å²) in [6.45, 7) is 3.78. The highest BCUT2D eigenvalue weighted by Crippen LogP contribution is 2.41. The summed E-state index contributed by atoms with van der Waals surface area (Å²) < 4.78 is 0. The first-order chi connectivity index (χ1) is 9.56. The number of carbonyl (C=O) groups is 1. The Morgan fingerprint density at radius 1 is 1.25 bits per heavy atom. The molecule has 3 rings (SSSR count). The van der Waals surface area contributed by atoms with Gasteiger partial charge in [-0.05, 0) is 36.9 Å². The maximum atomic E-state index is 11.1. The van der Waals surface area contributed by atoms with Gasteiger partial charge in [0.2, 0.25) is 0 Å². The van der Waals surface area contributed by atoms with Crippen LogP contribution in [-0.4, -0.2) is 16.1 Å². The van der Waals surface area contributed by atoms with Crippen LogP contribution in [0.25, 0.3) is 19.6 Å². The van der Waals surface area contributed by atoms with Gasteiger partial charge in [0, 0.05) is 9.75 Å². The normalized spacial score (nSPS) is 10.9. The first-order valence-corrected chi connectivity index (χ1v) is 8.43. The average molecular weight is 321 g/mol. The van der Waals surface area contributed by atoms with Crippen molar-refractivity contribution in [3.05, 3.63) is 39.7 Å². The zero-order chi connectivity index (χ0) is 14.3. The van der Waals surface area contributed by atoms with Crippen LogP contribution in [0.15, 0.2) is 23.6 Å². The van der Waals surface area contributed by atoms with Crippen molar-refractivity contribution >= 4 is 40.0 Å². The van der Waals surface area contributed by atoms with Crippen LogP contribution < -0.4 is 0 Å². The van der Waals surface area contributed by atoms with Gasteiger partial charge in [0.15, 0.2) is 0 Å². The monoisotopic (exact) mass is 321 g/mol. The summed E-state index contributed by atoms with van der Waals surface area (Å²) >= 11 is 4.62. The van der Waals surface area contributed by atoms with E-state index in [-0.39, 0.29) is 0 Å². The summed E-state index contributed by atoms with van der Waals surface area (Å²) in [7, 11) is 0. The molecule has 6 heteroatoms. The molecular weight excluding hydrogens is 310 g/mol. The number of aryl methyl sites for hydroxylation is 2. The molecule has 0 aliphatic carbocycles. The van der Waals surface area contributed by atoms with Crippen molar-refractivity contribution in [3.8, 4) is 19.6 Å². The fourth-order valence-corrected chi connectivity index (χ4v) is 4.97. The standard InChI is InChI=1S/C14H11NO2S3/c1-7-6-10(9-4-3-5-18-9)19-11(7)13-15-8(2)12(20-13)14(16)17/h3-6H,1-2H3,(H,16,17). The zero-order valence-corrected chi connectivity index (χ0v) is 13.3. The van der Waals surface area contributed by atoms with E-state index < -0.39 is 5.97 Å². The summed E-state index contributed by atoms with van der Waals surface area (Å²) in [6, 6.07) is 6.27. The number of carboxylic acids is 1. The SMILES string of the molecule is Cc1cc(-c2cccs2)sc1-c1nc(C)c(C(=O)O)s1. The fourth-order valence-electron chi connectivity index (χ4n) is 1.93. The Morgan fingerprint density at radius 3 is 2.65 bits per heavy atom. The average Bonchev–Trinajstić information content (AvgIpc) is 3.07. The second-order valence-electron chi connectivity index (χ2n) is 4.34. The molecule has 0 saturated heterocycles. The third kappa shape index (κ3) is 2.30. The minimum absolute atomic E-state index is 0.325. The quantitative estimate of drug-likeness (QED) is 0.745. The molecule has 0 aliphatic rings. The number of aromatic carboxylic acids is 1. The van der Waals surface area contributed by atoms with Gasteiger partial charge in [0.05, 0.1) is 10.6 Å². The van der Waals surface area contributed by atoms with Gasteiger partial charge in [-0.2, -0.15) is 0 Å². The number of nitrogens with zero attached hydrogens (tertiary/aromatic N) is 1. The third-order valence-electron chi connectivity index (χ3n) is 2.87. The van der Waals surface area contributed by atoms with Gasteiger partial charge >= 0.3 is 5.97 Å². The molecule has 0 aromatic carbocycles. The highest BCUT2D eigenvalue weighted by atomic mass is 32.1. The van der Waals surface area contributed by atoms with E-state index in [9.17, 15) is 4.79 Å². The largest absolute Gasteiger partial charge is 0.477 e. The maximum Gasteiger partial charge on any atom is 0.347 e. The molecule has 3 aromatic heterocycles. The molecule has 0 amide bonds. The molecule has 0 bridgehead atoms. The van der Waals surface area contributed by atoms with Gasteiger partial charge in [-0.1, -0.05) is 6.07 Å². The number of hydrogen-bond acceptors (Lipinski definition) is 5. The Bertz CT molecular complexity index is 769. The van der Waals surface area contributed by atoms with Crippen molar-refractivity contribution in [1.82, 2.24) is 4.98 Å². The highest BCUT2D eigenvalue weighted by molar-refractivity contribution is 7.26. The van der Waals surface area contributed by atoms with Gasteiger partial charge in [0.1, 0.15) is 9.88 Å². The number of aromatic nitrogens is 1. The molecule has 0 saturated carbocycles. The van der Waals surface area contributed by atoms with E-state index >= 15 is 0 Å². The Kier molecular flexibility index (Phi) is 3.45. The number of hydrogen-bond donors (Lipinski definition) is 1. The van der Waals surface area contributed by atoms with Crippen molar-refractivity contribution in [2.24, 2.45) is 0 Å². The Balaban J connectivity index is 2.07. The first-order valence-electron chi connectivity index (χ1n) is 5.91. The molecule has 0 atom stereocenters. The Hall–Kier alpha value is -1.50. The second-order valence-corrected chi connectivity index (χ2v) is 7.34. The van der Waals surface area contributed by atoms with E-state index in [1.165, 1.54) is 21.1 Å². The summed E-state index contributed by atoms with van der Waals surface area (Å²) in [5.74, 6) is -0.904. The number of thiophene rings is 2. The van der Waals surface area contributed by atoms with Crippen molar-refractivity contribution in [2.75, 3.05) is 0 Å². The summed E-state index contributed by atoms with van der Waals surface area (Å²) in [4.78, 5) is 19.4. The fraction of sp³-hybridized carbons (Fsp3) is 0.143. The molecule has 0 aliphatic heterocycles. The molecule has 3 aromatic rings. The van der Waals surface area contributed by atoms with E-state index in [1.54, 1.807) is 29.6 Å². The van der Waals surface area contributed by atoms with E-state index in [1.807, 2.05) is 13.0 Å². The minimum Gasteiger partial charge on any atom is -0.477 e. The van der Waals surface area contributed by atoms with E-state index in [2.05, 4.69) is 22.5 Å². The second kappa shape index (κ2) is 5.12. The lowest BCUT2D eigenvalue weighted by molar-refractivity contribution is 0.0701. The minimum atomic E-state index is -0.904. The lowest BCUT2D eigenvalue weighted by Crippen LogP contribution is -1.94. The predicted molar refractivity (Wildman–Crippen MR) is 85.2 cm³/mol. The number of carboxylic acid groups (broad SMARTS) is 1. The smallest absolute Gasteiger partial charge is 0.347 e. The van der Waals surface area contributed by atoms with Crippen LogP contribution in [0.5, 0.6) is 0 Å². The van der Waals surface area contributed by atoms with Crippen molar-refractivity contribution in [2.45, 2.75) is 13.8 Å². The van der Waals surface area contributed by atoms with E-state index in [4.69, 9.17) is 5.11 Å². The molecule has 0 spiro atoms. The van der Waals surface area contributed by atoms with Gasteiger partial charge in [-0.25, -0.2) is 9.78 Å². The number of rotatable bonds is 3. The van der Waals surface area contributed by atoms with E-state index in [0.717, 1.165) is 15.4 Å². The molecule has 3 nitrogen and oxygen atoms in total. The lowest BCUT2D eigenvalue weighted by Gasteiger charge is -1.91. The van der Waals surface area contributed by atoms with Crippen molar-refractivity contribution in [3.63, 3.8) is 0 Å². The molecule has 102 valence electrons. The van der Waals surface area contributed by atoms with Crippen LogP contribution in [0.1, 0.15) is 20.9 Å². The molecule has 0 fully saturated rings. The van der Waals surface area contributed by atoms with Gasteiger partial charge in [-0.3, -0.25) is 0 Å². The van der Waals surface area contributed by atoms with Crippen LogP contribution in [0.2, 0.25) is 0 Å². The van der Waals surface area contributed by atoms with Gasteiger partial charge < -0.3 is 5.11 Å². The molecule has 0 unspecified atom stereocenters. The maximum absolute atomic E-state index is 11.1. The molecule has 0 radical (unpaired) electrons. The van der Waals surface area contributed by atoms with Crippen LogP contribution in [-0.2, 0) is 0 Å². The third-order valence-corrected chi connectivity index (χ3v) is 6.47.